The van der Waals surface area contributed by atoms with Crippen LogP contribution in [0.4, 0.5) is 22.0 Å². The molecule has 0 radical (unpaired) electrons. The number of aromatic hydroxyl groups is 1. The van der Waals surface area contributed by atoms with Gasteiger partial charge in [-0.2, -0.15) is 13.2 Å². The number of phenolic OH excluding ortho intramolecular Hbond substituents is 1. The second-order valence-electron chi connectivity index (χ2n) is 2.70. The summed E-state index contributed by atoms with van der Waals surface area (Å²) in [4.78, 5) is 0. The molecule has 84 valence electrons. The molecule has 0 amide bonds. The Labute approximate surface area is 89.7 Å². The van der Waals surface area contributed by atoms with Crippen molar-refractivity contribution in [3.05, 3.63) is 27.7 Å². The highest BCUT2D eigenvalue weighted by Crippen LogP contribution is 2.42. The number of phenols is 1. The van der Waals surface area contributed by atoms with Crippen LogP contribution in [0.1, 0.15) is 17.6 Å². The molecule has 0 saturated heterocycles. The van der Waals surface area contributed by atoms with Crippen LogP contribution in [0.25, 0.3) is 0 Å². The molecule has 0 saturated carbocycles. The van der Waals surface area contributed by atoms with E-state index in [1.807, 2.05) is 0 Å². The minimum atomic E-state index is -4.79. The SMILES string of the molecule is Oc1cc(C(F)F)cc(Br)c1C(F)(F)F. The Kier molecular flexibility index (Phi) is 3.22. The van der Waals surface area contributed by atoms with Crippen molar-refractivity contribution in [1.82, 2.24) is 0 Å². The summed E-state index contributed by atoms with van der Waals surface area (Å²) in [7, 11) is 0. The lowest BCUT2D eigenvalue weighted by molar-refractivity contribution is -0.139. The van der Waals surface area contributed by atoms with Gasteiger partial charge in [0, 0.05) is 10.0 Å². The molecule has 0 spiro atoms. The second kappa shape index (κ2) is 3.96. The summed E-state index contributed by atoms with van der Waals surface area (Å²) in [5.74, 6) is -1.22. The molecule has 0 bridgehead atoms. The van der Waals surface area contributed by atoms with Crippen LogP contribution < -0.4 is 0 Å². The summed E-state index contributed by atoms with van der Waals surface area (Å²) < 4.78 is 60.5. The largest absolute Gasteiger partial charge is 0.507 e. The average Bonchev–Trinajstić information content (AvgIpc) is 1.99. The van der Waals surface area contributed by atoms with Crippen LogP contribution in [-0.2, 0) is 6.18 Å². The highest BCUT2D eigenvalue weighted by molar-refractivity contribution is 9.10. The summed E-state index contributed by atoms with van der Waals surface area (Å²) in [6.07, 6.45) is -7.72. The van der Waals surface area contributed by atoms with Crippen molar-refractivity contribution in [3.63, 3.8) is 0 Å². The Hall–Kier alpha value is -0.850. The minimum absolute atomic E-state index is 0.401. The van der Waals surface area contributed by atoms with Gasteiger partial charge in [0.25, 0.3) is 6.43 Å². The Morgan fingerprint density at radius 1 is 1.20 bits per heavy atom. The maximum Gasteiger partial charge on any atom is 0.421 e. The fourth-order valence-corrected chi connectivity index (χ4v) is 1.71. The number of alkyl halides is 5. The average molecular weight is 291 g/mol. The van der Waals surface area contributed by atoms with Crippen molar-refractivity contribution in [2.24, 2.45) is 0 Å². The molecule has 0 aliphatic rings. The second-order valence-corrected chi connectivity index (χ2v) is 3.55. The third kappa shape index (κ3) is 2.58. The third-order valence-electron chi connectivity index (χ3n) is 1.63. The smallest absolute Gasteiger partial charge is 0.421 e. The van der Waals surface area contributed by atoms with E-state index >= 15 is 0 Å². The normalized spacial score (nSPS) is 12.2. The van der Waals surface area contributed by atoms with Crippen LogP contribution in [0.2, 0.25) is 0 Å². The van der Waals surface area contributed by atoms with E-state index in [0.29, 0.717) is 12.1 Å². The van der Waals surface area contributed by atoms with Crippen molar-refractivity contribution in [2.75, 3.05) is 0 Å². The standard InChI is InChI=1S/C8H4BrF5O/c9-4-1-3(7(10)11)2-5(15)6(4)8(12,13)14/h1-2,7,15H. The number of benzene rings is 1. The molecule has 1 nitrogen and oxygen atoms in total. The molecule has 15 heavy (non-hydrogen) atoms. The van der Waals surface area contributed by atoms with E-state index in [-0.39, 0.29) is 0 Å². The topological polar surface area (TPSA) is 20.2 Å². The molecule has 1 aromatic rings. The zero-order valence-electron chi connectivity index (χ0n) is 6.95. The molecule has 1 aromatic carbocycles. The lowest BCUT2D eigenvalue weighted by Crippen LogP contribution is -2.07. The number of hydrogen-bond donors (Lipinski definition) is 1. The molecule has 0 unspecified atom stereocenters. The van der Waals surface area contributed by atoms with Gasteiger partial charge in [-0.15, -0.1) is 0 Å². The zero-order chi connectivity index (χ0) is 11.8. The van der Waals surface area contributed by atoms with Crippen LogP contribution in [0.5, 0.6) is 5.75 Å². The Balaban J connectivity index is 3.34. The van der Waals surface area contributed by atoms with Gasteiger partial charge in [0.2, 0.25) is 0 Å². The summed E-state index contributed by atoms with van der Waals surface area (Å²) in [5, 5.41) is 8.97. The van der Waals surface area contributed by atoms with Crippen molar-refractivity contribution >= 4 is 15.9 Å². The van der Waals surface area contributed by atoms with Crippen LogP contribution in [0.15, 0.2) is 16.6 Å². The van der Waals surface area contributed by atoms with Gasteiger partial charge in [-0.1, -0.05) is 15.9 Å². The fraction of sp³-hybridized carbons (Fsp3) is 0.250. The minimum Gasteiger partial charge on any atom is -0.507 e. The van der Waals surface area contributed by atoms with E-state index in [1.165, 1.54) is 0 Å². The van der Waals surface area contributed by atoms with E-state index in [2.05, 4.69) is 15.9 Å². The fourth-order valence-electron chi connectivity index (χ4n) is 1.02. The van der Waals surface area contributed by atoms with Gasteiger partial charge in [-0.05, 0) is 12.1 Å². The monoisotopic (exact) mass is 290 g/mol. The quantitative estimate of drug-likeness (QED) is 0.772. The molecule has 1 N–H and O–H groups in total. The Morgan fingerprint density at radius 2 is 1.73 bits per heavy atom. The van der Waals surface area contributed by atoms with Gasteiger partial charge in [-0.3, -0.25) is 0 Å². The van der Waals surface area contributed by atoms with Crippen LogP contribution in [0, 0.1) is 0 Å². The molecule has 0 heterocycles. The molecule has 0 fully saturated rings. The van der Waals surface area contributed by atoms with Gasteiger partial charge in [0.1, 0.15) is 11.3 Å². The summed E-state index contributed by atoms with van der Waals surface area (Å²) in [5.41, 5.74) is -2.03. The first-order valence-electron chi connectivity index (χ1n) is 3.61. The van der Waals surface area contributed by atoms with Gasteiger partial charge in [0.15, 0.2) is 0 Å². The molecule has 0 aliphatic heterocycles. The number of hydrogen-bond acceptors (Lipinski definition) is 1. The van der Waals surface area contributed by atoms with E-state index in [4.69, 9.17) is 5.11 Å². The van der Waals surface area contributed by atoms with E-state index in [1.54, 1.807) is 0 Å². The van der Waals surface area contributed by atoms with E-state index in [0.717, 1.165) is 0 Å². The van der Waals surface area contributed by atoms with Crippen molar-refractivity contribution in [2.45, 2.75) is 12.6 Å². The molecule has 0 aromatic heterocycles. The number of halogens is 6. The van der Waals surface area contributed by atoms with Gasteiger partial charge in [0.05, 0.1) is 0 Å². The summed E-state index contributed by atoms with van der Waals surface area (Å²) >= 11 is 2.49. The Bertz CT molecular complexity index is 351. The van der Waals surface area contributed by atoms with E-state index in [9.17, 15) is 22.0 Å². The first-order valence-corrected chi connectivity index (χ1v) is 4.40. The molecule has 0 atom stereocenters. The predicted molar refractivity (Wildman–Crippen MR) is 45.8 cm³/mol. The lowest BCUT2D eigenvalue weighted by atomic mass is 10.1. The van der Waals surface area contributed by atoms with Crippen molar-refractivity contribution < 1.29 is 27.1 Å². The molecular weight excluding hydrogens is 287 g/mol. The third-order valence-corrected chi connectivity index (χ3v) is 2.25. The number of rotatable bonds is 1. The summed E-state index contributed by atoms with van der Waals surface area (Å²) in [6, 6.07) is 1.03. The molecule has 1 rings (SSSR count). The Morgan fingerprint density at radius 3 is 2.07 bits per heavy atom. The van der Waals surface area contributed by atoms with Gasteiger partial charge < -0.3 is 5.11 Å². The summed E-state index contributed by atoms with van der Waals surface area (Å²) in [6.45, 7) is 0. The lowest BCUT2D eigenvalue weighted by Gasteiger charge is -2.12. The van der Waals surface area contributed by atoms with Crippen molar-refractivity contribution in [1.29, 1.82) is 0 Å². The van der Waals surface area contributed by atoms with Crippen molar-refractivity contribution in [3.8, 4) is 5.75 Å². The highest BCUT2D eigenvalue weighted by atomic mass is 79.9. The molecule has 0 aliphatic carbocycles. The van der Waals surface area contributed by atoms with Gasteiger partial charge >= 0.3 is 6.18 Å². The van der Waals surface area contributed by atoms with E-state index < -0.39 is 34.0 Å². The first-order chi connectivity index (χ1) is 6.73. The van der Waals surface area contributed by atoms with Crippen LogP contribution in [-0.4, -0.2) is 5.11 Å². The van der Waals surface area contributed by atoms with Gasteiger partial charge in [-0.25, -0.2) is 8.78 Å². The maximum absolute atomic E-state index is 12.3. The first kappa shape index (κ1) is 12.2. The molecular formula is C8H4BrF5O. The zero-order valence-corrected chi connectivity index (χ0v) is 8.53. The molecule has 7 heteroatoms. The van der Waals surface area contributed by atoms with Crippen LogP contribution in [0.3, 0.4) is 0 Å². The maximum atomic E-state index is 12.3. The highest BCUT2D eigenvalue weighted by Gasteiger charge is 2.37. The van der Waals surface area contributed by atoms with Crippen LogP contribution >= 0.6 is 15.9 Å². The predicted octanol–water partition coefficient (Wildman–Crippen LogP) is 4.11.